The van der Waals surface area contributed by atoms with Crippen molar-refractivity contribution in [2.75, 3.05) is 0 Å². The molecule has 0 unspecified atom stereocenters. The lowest BCUT2D eigenvalue weighted by Crippen LogP contribution is -2.01. The Morgan fingerprint density at radius 1 is 0.950 bits per heavy atom. The van der Waals surface area contributed by atoms with Crippen LogP contribution in [0.2, 0.25) is 0 Å². The van der Waals surface area contributed by atoms with Crippen molar-refractivity contribution in [3.8, 4) is 5.75 Å². The highest BCUT2D eigenvalue weighted by Gasteiger charge is 2.03. The molecule has 2 heteroatoms. The smallest absolute Gasteiger partial charge is 0.137 e. The molecule has 0 amide bonds. The van der Waals surface area contributed by atoms with Crippen molar-refractivity contribution in [2.24, 2.45) is 0 Å². The van der Waals surface area contributed by atoms with Gasteiger partial charge in [-0.3, -0.25) is 4.79 Å². The zero-order valence-corrected chi connectivity index (χ0v) is 11.8. The van der Waals surface area contributed by atoms with Gasteiger partial charge in [0.2, 0.25) is 0 Å². The largest absolute Gasteiger partial charge is 0.489 e. The quantitative estimate of drug-likeness (QED) is 0.753. The van der Waals surface area contributed by atoms with E-state index in [1.807, 2.05) is 61.5 Å². The summed E-state index contributed by atoms with van der Waals surface area (Å²) in [7, 11) is 0. The highest BCUT2D eigenvalue weighted by molar-refractivity contribution is 5.80. The van der Waals surface area contributed by atoms with Gasteiger partial charge in [0.05, 0.1) is 0 Å². The van der Waals surface area contributed by atoms with Crippen molar-refractivity contribution in [3.63, 3.8) is 0 Å². The molecule has 20 heavy (non-hydrogen) atoms. The highest BCUT2D eigenvalue weighted by Crippen LogP contribution is 2.15. The molecule has 0 spiro atoms. The third-order valence-electron chi connectivity index (χ3n) is 3.10. The third-order valence-corrected chi connectivity index (χ3v) is 3.10. The molecular weight excluding hydrogens is 248 g/mol. The summed E-state index contributed by atoms with van der Waals surface area (Å²) in [5, 5.41) is 0. The first-order valence-electron chi connectivity index (χ1n) is 7.05. The topological polar surface area (TPSA) is 26.3 Å². The van der Waals surface area contributed by atoms with E-state index in [0.29, 0.717) is 25.2 Å². The van der Waals surface area contributed by atoms with E-state index < -0.39 is 0 Å². The third kappa shape index (κ3) is 4.54. The van der Waals surface area contributed by atoms with E-state index in [2.05, 4.69) is 0 Å². The number of Topliss-reactive ketones (excluding diaryl/α,β-unsaturated/α-hetero) is 1. The van der Waals surface area contributed by atoms with Crippen molar-refractivity contribution in [3.05, 3.63) is 65.7 Å². The molecule has 0 N–H and O–H groups in total. The highest BCUT2D eigenvalue weighted by atomic mass is 16.5. The first kappa shape index (κ1) is 14.3. The number of carbonyl (C=O) groups is 1. The van der Waals surface area contributed by atoms with Crippen molar-refractivity contribution < 1.29 is 9.53 Å². The maximum Gasteiger partial charge on any atom is 0.137 e. The standard InChI is InChI=1S/C18H20O2/c1-2-6-17(19)13-15-9-11-18(12-10-15)20-14-16-7-4-3-5-8-16/h3-5,7-12H,2,6,13-14H2,1H3. The van der Waals surface area contributed by atoms with Crippen LogP contribution in [0.5, 0.6) is 5.75 Å². The van der Waals surface area contributed by atoms with Gasteiger partial charge in [0.25, 0.3) is 0 Å². The predicted octanol–water partition coefficient (Wildman–Crippen LogP) is 4.18. The fraction of sp³-hybridized carbons (Fsp3) is 0.278. The Hall–Kier alpha value is -2.09. The van der Waals surface area contributed by atoms with Crippen molar-refractivity contribution in [1.29, 1.82) is 0 Å². The zero-order valence-electron chi connectivity index (χ0n) is 11.8. The summed E-state index contributed by atoms with van der Waals surface area (Å²) in [5.41, 5.74) is 2.20. The fourth-order valence-corrected chi connectivity index (χ4v) is 2.04. The summed E-state index contributed by atoms with van der Waals surface area (Å²) < 4.78 is 5.71. The minimum Gasteiger partial charge on any atom is -0.489 e. The van der Waals surface area contributed by atoms with E-state index in [-0.39, 0.29) is 0 Å². The maximum atomic E-state index is 11.6. The van der Waals surface area contributed by atoms with Gasteiger partial charge in [-0.05, 0) is 29.7 Å². The number of benzene rings is 2. The molecule has 0 saturated heterocycles. The molecule has 2 aromatic rings. The number of hydrogen-bond acceptors (Lipinski definition) is 2. The van der Waals surface area contributed by atoms with E-state index in [4.69, 9.17) is 4.74 Å². The molecule has 2 aromatic carbocycles. The Kier molecular flexibility index (Phi) is 5.36. The summed E-state index contributed by atoms with van der Waals surface area (Å²) in [4.78, 5) is 11.6. The van der Waals surface area contributed by atoms with Gasteiger partial charge in [-0.25, -0.2) is 0 Å². The van der Waals surface area contributed by atoms with Crippen LogP contribution in [-0.4, -0.2) is 5.78 Å². The normalized spacial score (nSPS) is 10.2. The van der Waals surface area contributed by atoms with Gasteiger partial charge in [-0.2, -0.15) is 0 Å². The van der Waals surface area contributed by atoms with E-state index in [9.17, 15) is 4.79 Å². The second-order valence-electron chi connectivity index (χ2n) is 4.88. The van der Waals surface area contributed by atoms with Gasteiger partial charge in [0, 0.05) is 12.8 Å². The summed E-state index contributed by atoms with van der Waals surface area (Å²) in [5.74, 6) is 1.13. The van der Waals surface area contributed by atoms with Crippen molar-refractivity contribution >= 4 is 5.78 Å². The fourth-order valence-electron chi connectivity index (χ4n) is 2.04. The van der Waals surface area contributed by atoms with Crippen LogP contribution in [0.15, 0.2) is 54.6 Å². The van der Waals surface area contributed by atoms with Crippen LogP contribution in [0.4, 0.5) is 0 Å². The van der Waals surface area contributed by atoms with E-state index in [1.165, 1.54) is 0 Å². The first-order chi connectivity index (χ1) is 9.78. The van der Waals surface area contributed by atoms with Crippen LogP contribution < -0.4 is 4.74 Å². The average Bonchev–Trinajstić information content (AvgIpc) is 2.48. The van der Waals surface area contributed by atoms with E-state index in [1.54, 1.807) is 0 Å². The number of carbonyl (C=O) groups excluding carboxylic acids is 1. The van der Waals surface area contributed by atoms with Gasteiger partial charge in [0.15, 0.2) is 0 Å². The molecule has 0 atom stereocenters. The second-order valence-corrected chi connectivity index (χ2v) is 4.88. The summed E-state index contributed by atoms with van der Waals surface area (Å²) in [6.07, 6.45) is 2.09. The van der Waals surface area contributed by atoms with Crippen LogP contribution in [0.1, 0.15) is 30.9 Å². The summed E-state index contributed by atoms with van der Waals surface area (Å²) in [6, 6.07) is 17.9. The molecule has 0 fully saturated rings. The number of rotatable bonds is 7. The molecule has 0 radical (unpaired) electrons. The Bertz CT molecular complexity index is 529. The molecular formula is C18H20O2. The molecule has 0 saturated carbocycles. The van der Waals surface area contributed by atoms with Gasteiger partial charge in [-0.15, -0.1) is 0 Å². The van der Waals surface area contributed by atoms with Crippen LogP contribution in [0.3, 0.4) is 0 Å². The molecule has 0 aromatic heterocycles. The van der Waals surface area contributed by atoms with Gasteiger partial charge >= 0.3 is 0 Å². The first-order valence-corrected chi connectivity index (χ1v) is 7.05. The van der Waals surface area contributed by atoms with Crippen LogP contribution in [0, 0.1) is 0 Å². The van der Waals surface area contributed by atoms with Crippen LogP contribution in [-0.2, 0) is 17.8 Å². The molecule has 0 bridgehead atoms. The van der Waals surface area contributed by atoms with E-state index in [0.717, 1.165) is 23.3 Å². The zero-order chi connectivity index (χ0) is 14.2. The lowest BCUT2D eigenvalue weighted by molar-refractivity contribution is -0.118. The molecule has 0 aliphatic carbocycles. The number of hydrogen-bond donors (Lipinski definition) is 0. The van der Waals surface area contributed by atoms with Crippen LogP contribution >= 0.6 is 0 Å². The minimum atomic E-state index is 0.297. The molecule has 104 valence electrons. The molecule has 2 rings (SSSR count). The van der Waals surface area contributed by atoms with Gasteiger partial charge in [0.1, 0.15) is 18.1 Å². The van der Waals surface area contributed by atoms with Crippen LogP contribution in [0.25, 0.3) is 0 Å². The van der Waals surface area contributed by atoms with Crippen molar-refractivity contribution in [1.82, 2.24) is 0 Å². The van der Waals surface area contributed by atoms with E-state index >= 15 is 0 Å². The maximum absolute atomic E-state index is 11.6. The Labute approximate surface area is 120 Å². The van der Waals surface area contributed by atoms with Crippen molar-refractivity contribution in [2.45, 2.75) is 32.8 Å². The SMILES string of the molecule is CCCC(=O)Cc1ccc(OCc2ccccc2)cc1. The van der Waals surface area contributed by atoms with Gasteiger partial charge in [-0.1, -0.05) is 49.4 Å². The summed E-state index contributed by atoms with van der Waals surface area (Å²) in [6.45, 7) is 2.59. The lowest BCUT2D eigenvalue weighted by atomic mass is 10.1. The monoisotopic (exact) mass is 268 g/mol. The number of ether oxygens (including phenoxy) is 1. The predicted molar refractivity (Wildman–Crippen MR) is 80.8 cm³/mol. The molecule has 0 aliphatic rings. The Morgan fingerprint density at radius 3 is 2.30 bits per heavy atom. The molecule has 0 heterocycles. The van der Waals surface area contributed by atoms with Gasteiger partial charge < -0.3 is 4.74 Å². The average molecular weight is 268 g/mol. The summed E-state index contributed by atoms with van der Waals surface area (Å²) >= 11 is 0. The Morgan fingerprint density at radius 2 is 1.65 bits per heavy atom. The minimum absolute atomic E-state index is 0.297. The molecule has 2 nitrogen and oxygen atoms in total. The molecule has 0 aliphatic heterocycles. The number of ketones is 1. The second kappa shape index (κ2) is 7.49. The lowest BCUT2D eigenvalue weighted by Gasteiger charge is -2.07. The Balaban J connectivity index is 1.87.